The van der Waals surface area contributed by atoms with Crippen molar-refractivity contribution in [1.82, 2.24) is 0 Å². The second-order valence-corrected chi connectivity index (χ2v) is 12.0. The fraction of sp³-hybridized carbons (Fsp3) is 0.667. The van der Waals surface area contributed by atoms with Crippen molar-refractivity contribution in [2.75, 3.05) is 0 Å². The molecule has 0 aliphatic rings. The Morgan fingerprint density at radius 3 is 2.09 bits per heavy atom. The Balaban J connectivity index is 2.83. The molecule has 0 saturated heterocycles. The molecule has 0 heterocycles. The molecule has 1 rings (SSSR count). The summed E-state index contributed by atoms with van der Waals surface area (Å²) in [6.45, 7) is 4.45. The van der Waals surface area contributed by atoms with Crippen molar-refractivity contribution in [2.45, 2.75) is 83.0 Å². The van der Waals surface area contributed by atoms with E-state index in [2.05, 4.69) is 19.9 Å². The molecule has 0 amide bonds. The first-order valence-electron chi connectivity index (χ1n) is 8.83. The average Bonchev–Trinajstić information content (AvgIpc) is 2.48. The van der Waals surface area contributed by atoms with Crippen LogP contribution in [-0.2, 0) is 24.6 Å². The van der Waals surface area contributed by atoms with Crippen LogP contribution in [0.2, 0.25) is 0 Å². The van der Waals surface area contributed by atoms with Gasteiger partial charge in [-0.05, 0) is 66.1 Å². The van der Waals surface area contributed by atoms with E-state index in [-0.39, 0.29) is 0 Å². The lowest BCUT2D eigenvalue weighted by Crippen LogP contribution is -1.98. The van der Waals surface area contributed by atoms with Crippen molar-refractivity contribution in [1.29, 1.82) is 0 Å². The summed E-state index contributed by atoms with van der Waals surface area (Å²) in [6, 6.07) is 6.21. The predicted molar refractivity (Wildman–Crippen MR) is 107 cm³/mol. The van der Waals surface area contributed by atoms with Crippen LogP contribution in [0.3, 0.4) is 0 Å². The number of benzene rings is 1. The van der Waals surface area contributed by atoms with Gasteiger partial charge in [-0.1, -0.05) is 64.5 Å². The van der Waals surface area contributed by atoms with Crippen LogP contribution in [0.15, 0.2) is 23.1 Å². The van der Waals surface area contributed by atoms with Crippen molar-refractivity contribution in [2.24, 2.45) is 0 Å². The van der Waals surface area contributed by atoms with Gasteiger partial charge in [0, 0.05) is 4.90 Å². The highest BCUT2D eigenvalue weighted by Gasteiger charge is 2.15. The zero-order valence-electron chi connectivity index (χ0n) is 14.5. The Morgan fingerprint density at radius 2 is 1.52 bits per heavy atom. The second-order valence-electron chi connectivity index (χ2n) is 6.10. The van der Waals surface area contributed by atoms with Crippen LogP contribution < -0.4 is 0 Å². The first-order valence-corrected chi connectivity index (χ1v) is 13.0. The summed E-state index contributed by atoms with van der Waals surface area (Å²) < 4.78 is 0. The highest BCUT2D eigenvalue weighted by molar-refractivity contribution is 8.67. The SMILES string of the molecule is CCCCCCc1cccc(SP(O)(O)=S)c1CCCCCC. The monoisotopic (exact) mass is 374 g/mol. The van der Waals surface area contributed by atoms with Crippen molar-refractivity contribution in [3.8, 4) is 0 Å². The molecular formula is C18H31O2PS2. The maximum atomic E-state index is 9.69. The van der Waals surface area contributed by atoms with Gasteiger partial charge in [0.2, 0.25) is 5.69 Å². The van der Waals surface area contributed by atoms with Crippen molar-refractivity contribution >= 4 is 28.9 Å². The maximum Gasteiger partial charge on any atom is 0.246 e. The van der Waals surface area contributed by atoms with Crippen LogP contribution in [0, 0.1) is 0 Å². The van der Waals surface area contributed by atoms with Gasteiger partial charge in [-0.2, -0.15) is 0 Å². The van der Waals surface area contributed by atoms with Crippen molar-refractivity contribution < 1.29 is 9.79 Å². The Morgan fingerprint density at radius 1 is 0.913 bits per heavy atom. The molecule has 0 aliphatic heterocycles. The van der Waals surface area contributed by atoms with Crippen LogP contribution >= 0.6 is 17.1 Å². The highest BCUT2D eigenvalue weighted by atomic mass is 32.9. The van der Waals surface area contributed by atoms with Gasteiger partial charge in [0.05, 0.1) is 0 Å². The number of hydrogen-bond donors (Lipinski definition) is 2. The van der Waals surface area contributed by atoms with Gasteiger partial charge in [-0.25, -0.2) is 0 Å². The standard InChI is InChI=1S/C18H31O2PS2/c1-3-5-7-9-12-16-13-11-15-18(23-21(19,20)22)17(16)14-10-8-6-4-2/h11,13,15H,3-10,12,14H2,1-2H3,(H2,19,20,22). The molecule has 2 nitrogen and oxygen atoms in total. The molecule has 23 heavy (non-hydrogen) atoms. The molecule has 0 radical (unpaired) electrons. The molecule has 2 N–H and O–H groups in total. The molecule has 132 valence electrons. The molecule has 0 aromatic heterocycles. The lowest BCUT2D eigenvalue weighted by Gasteiger charge is -2.16. The van der Waals surface area contributed by atoms with E-state index in [0.29, 0.717) is 0 Å². The Kier molecular flexibility index (Phi) is 10.7. The number of aryl methyl sites for hydroxylation is 1. The Bertz CT molecular complexity index is 500. The molecule has 5 heteroatoms. The fourth-order valence-electron chi connectivity index (χ4n) is 2.81. The molecule has 0 fully saturated rings. The lowest BCUT2D eigenvalue weighted by atomic mass is 9.96. The first-order chi connectivity index (χ1) is 11.0. The van der Waals surface area contributed by atoms with Crippen LogP contribution in [0.5, 0.6) is 0 Å². The molecule has 0 saturated carbocycles. The average molecular weight is 375 g/mol. The molecule has 1 aromatic carbocycles. The topological polar surface area (TPSA) is 40.5 Å². The van der Waals surface area contributed by atoms with Gasteiger partial charge in [0.15, 0.2) is 0 Å². The van der Waals surface area contributed by atoms with E-state index >= 15 is 0 Å². The Hall–Kier alpha value is 0.140. The zero-order valence-corrected chi connectivity index (χ0v) is 17.0. The van der Waals surface area contributed by atoms with Gasteiger partial charge in [0.25, 0.3) is 0 Å². The van der Waals surface area contributed by atoms with E-state index in [1.54, 1.807) is 0 Å². The largest absolute Gasteiger partial charge is 0.337 e. The van der Waals surface area contributed by atoms with Crippen LogP contribution in [0.1, 0.15) is 76.3 Å². The molecule has 0 atom stereocenters. The van der Waals surface area contributed by atoms with Crippen molar-refractivity contribution in [3.63, 3.8) is 0 Å². The molecule has 0 unspecified atom stereocenters. The number of hydrogen-bond acceptors (Lipinski definition) is 2. The fourth-order valence-corrected chi connectivity index (χ4v) is 5.56. The molecule has 1 aromatic rings. The summed E-state index contributed by atoms with van der Waals surface area (Å²) in [5.74, 6) is 0. The van der Waals surface area contributed by atoms with E-state index in [4.69, 9.17) is 11.8 Å². The van der Waals surface area contributed by atoms with E-state index in [0.717, 1.165) is 35.5 Å². The normalized spacial score (nSPS) is 11.8. The van der Waals surface area contributed by atoms with Crippen molar-refractivity contribution in [3.05, 3.63) is 29.3 Å². The summed E-state index contributed by atoms with van der Waals surface area (Å²) in [7, 11) is 0. The summed E-state index contributed by atoms with van der Waals surface area (Å²) >= 11 is 5.92. The van der Waals surface area contributed by atoms with Gasteiger partial charge in [-0.3, -0.25) is 0 Å². The highest BCUT2D eigenvalue weighted by Crippen LogP contribution is 2.56. The third kappa shape index (κ3) is 9.26. The van der Waals surface area contributed by atoms with Gasteiger partial charge in [-0.15, -0.1) is 0 Å². The zero-order chi connectivity index (χ0) is 17.1. The summed E-state index contributed by atoms with van der Waals surface area (Å²) in [4.78, 5) is 20.3. The lowest BCUT2D eigenvalue weighted by molar-refractivity contribution is 0.502. The third-order valence-corrected chi connectivity index (χ3v) is 6.82. The molecular weight excluding hydrogens is 343 g/mol. The third-order valence-electron chi connectivity index (χ3n) is 4.03. The molecule has 0 aliphatic carbocycles. The van der Waals surface area contributed by atoms with Crippen LogP contribution in [0.4, 0.5) is 0 Å². The minimum Gasteiger partial charge on any atom is -0.337 e. The quantitative estimate of drug-likeness (QED) is 0.336. The van der Waals surface area contributed by atoms with Crippen LogP contribution in [-0.4, -0.2) is 9.79 Å². The smallest absolute Gasteiger partial charge is 0.246 e. The summed E-state index contributed by atoms with van der Waals surface area (Å²) in [5.41, 5.74) is -0.605. The van der Waals surface area contributed by atoms with Gasteiger partial charge < -0.3 is 9.79 Å². The van der Waals surface area contributed by atoms with E-state index in [1.807, 2.05) is 12.1 Å². The van der Waals surface area contributed by atoms with Gasteiger partial charge >= 0.3 is 0 Å². The molecule has 0 bridgehead atoms. The summed E-state index contributed by atoms with van der Waals surface area (Å²) in [5, 5.41) is 0. The number of unbranched alkanes of at least 4 members (excludes halogenated alkanes) is 6. The first kappa shape index (κ1) is 21.2. The van der Waals surface area contributed by atoms with E-state index in [1.165, 1.54) is 56.1 Å². The van der Waals surface area contributed by atoms with E-state index in [9.17, 15) is 9.79 Å². The van der Waals surface area contributed by atoms with Crippen LogP contribution in [0.25, 0.3) is 0 Å². The maximum absolute atomic E-state index is 9.69. The predicted octanol–water partition coefficient (Wildman–Crippen LogP) is 6.23. The summed E-state index contributed by atoms with van der Waals surface area (Å²) in [6.07, 6.45) is 12.0. The van der Waals surface area contributed by atoms with Gasteiger partial charge in [0.1, 0.15) is 0 Å². The Labute approximate surface area is 151 Å². The molecule has 0 spiro atoms. The minimum absolute atomic E-state index is 0.975. The number of rotatable bonds is 12. The van der Waals surface area contributed by atoms with E-state index < -0.39 is 5.69 Å². The second kappa shape index (κ2) is 11.7. The minimum atomic E-state index is -3.27.